The number of aromatic nitrogens is 2. The quantitative estimate of drug-likeness (QED) is 0.671. The van der Waals surface area contributed by atoms with Crippen LogP contribution in [-0.4, -0.2) is 26.5 Å². The first-order chi connectivity index (χ1) is 14.0. The predicted molar refractivity (Wildman–Crippen MR) is 110 cm³/mol. The molecule has 1 aromatic heterocycles. The molecule has 1 aliphatic rings. The molecule has 1 amide bonds. The Morgan fingerprint density at radius 3 is 2.66 bits per heavy atom. The normalized spacial score (nSPS) is 14.4. The zero-order valence-electron chi connectivity index (χ0n) is 15.3. The molecule has 7 heteroatoms. The van der Waals surface area contributed by atoms with Gasteiger partial charge in [-0.2, -0.15) is 0 Å². The number of anilines is 1. The molecule has 0 saturated heterocycles. The van der Waals surface area contributed by atoms with E-state index in [1.54, 1.807) is 22.8 Å². The number of amides is 1. The first-order valence-corrected chi connectivity index (χ1v) is 9.04. The summed E-state index contributed by atoms with van der Waals surface area (Å²) in [5, 5.41) is 11.6. The number of carbonyl (C=O) groups excluding carboxylic acids is 1. The molecule has 0 atom stereocenters. The van der Waals surface area contributed by atoms with Crippen LogP contribution in [0.2, 0.25) is 0 Å². The summed E-state index contributed by atoms with van der Waals surface area (Å²) >= 11 is 0. The van der Waals surface area contributed by atoms with Gasteiger partial charge in [-0.3, -0.25) is 14.2 Å². The second kappa shape index (κ2) is 7.55. The van der Waals surface area contributed by atoms with Crippen molar-refractivity contribution in [3.8, 4) is 0 Å². The Hall–Kier alpha value is -4.00. The lowest BCUT2D eigenvalue weighted by Crippen LogP contribution is -2.21. The van der Waals surface area contributed by atoms with Crippen LogP contribution in [0.25, 0.3) is 22.6 Å². The van der Waals surface area contributed by atoms with Crippen molar-refractivity contribution < 1.29 is 14.7 Å². The Morgan fingerprint density at radius 1 is 1.10 bits per heavy atom. The smallest absolute Gasteiger partial charge is 0.328 e. The third kappa shape index (κ3) is 3.84. The highest BCUT2D eigenvalue weighted by molar-refractivity contribution is 6.03. The molecule has 2 aromatic carbocycles. The van der Waals surface area contributed by atoms with Gasteiger partial charge in [0.2, 0.25) is 5.91 Å². The highest BCUT2D eigenvalue weighted by Crippen LogP contribution is 2.28. The minimum Gasteiger partial charge on any atom is -0.478 e. The largest absolute Gasteiger partial charge is 0.478 e. The van der Waals surface area contributed by atoms with Gasteiger partial charge in [-0.05, 0) is 41.8 Å². The van der Waals surface area contributed by atoms with Crippen LogP contribution in [0.4, 0.5) is 5.69 Å². The summed E-state index contributed by atoms with van der Waals surface area (Å²) in [6, 6.07) is 14.7. The number of benzene rings is 2. The van der Waals surface area contributed by atoms with Crippen LogP contribution in [0.1, 0.15) is 17.8 Å². The highest BCUT2D eigenvalue weighted by atomic mass is 16.4. The minimum atomic E-state index is -1.21. The van der Waals surface area contributed by atoms with Gasteiger partial charge < -0.3 is 10.4 Å². The average Bonchev–Trinajstić information content (AvgIpc) is 3.10. The monoisotopic (exact) mass is 387 g/mol. The molecule has 2 N–H and O–H groups in total. The molecule has 3 aromatic rings. The molecule has 0 bridgehead atoms. The van der Waals surface area contributed by atoms with Gasteiger partial charge in [-0.1, -0.05) is 30.3 Å². The number of aliphatic carboxylic acids is 1. The maximum absolute atomic E-state index is 12.9. The molecule has 1 aliphatic heterocycles. The number of fused-ring (bicyclic) bond motifs is 2. The second-order valence-corrected chi connectivity index (χ2v) is 6.62. The maximum Gasteiger partial charge on any atom is 0.328 e. The van der Waals surface area contributed by atoms with Crippen LogP contribution in [0.15, 0.2) is 65.5 Å². The molecular formula is C22H17N3O4. The van der Waals surface area contributed by atoms with Gasteiger partial charge in [0.15, 0.2) is 0 Å². The Labute approximate surface area is 165 Å². The lowest BCUT2D eigenvalue weighted by molar-refractivity contribution is -0.131. The van der Waals surface area contributed by atoms with Crippen molar-refractivity contribution in [3.05, 3.63) is 82.4 Å². The zero-order valence-corrected chi connectivity index (χ0v) is 15.3. The maximum atomic E-state index is 12.9. The molecule has 0 fully saturated rings. The van der Waals surface area contributed by atoms with E-state index in [-0.39, 0.29) is 5.56 Å². The summed E-state index contributed by atoms with van der Waals surface area (Å²) in [6.45, 7) is 0.578. The fourth-order valence-corrected chi connectivity index (χ4v) is 3.31. The SMILES string of the molecule is O=C(O)C=CC(=O)Nc1ccc2c(=O)n3c(nc2c1)C(=Cc1ccccc1)CC3. The Balaban J connectivity index is 1.72. The third-order valence-corrected chi connectivity index (χ3v) is 4.63. The van der Waals surface area contributed by atoms with Crippen LogP contribution >= 0.6 is 0 Å². The summed E-state index contributed by atoms with van der Waals surface area (Å²) in [6.07, 6.45) is 4.43. The van der Waals surface area contributed by atoms with Gasteiger partial charge in [0, 0.05) is 24.4 Å². The summed E-state index contributed by atoms with van der Waals surface area (Å²) in [5.41, 5.74) is 2.80. The van der Waals surface area contributed by atoms with Crippen molar-refractivity contribution in [2.24, 2.45) is 0 Å². The Bertz CT molecular complexity index is 1240. The van der Waals surface area contributed by atoms with Crippen molar-refractivity contribution >= 4 is 40.1 Å². The summed E-state index contributed by atoms with van der Waals surface area (Å²) < 4.78 is 1.67. The molecule has 7 nitrogen and oxygen atoms in total. The first-order valence-electron chi connectivity index (χ1n) is 9.04. The topological polar surface area (TPSA) is 101 Å². The molecule has 29 heavy (non-hydrogen) atoms. The Morgan fingerprint density at radius 2 is 1.90 bits per heavy atom. The summed E-state index contributed by atoms with van der Waals surface area (Å²) in [5.74, 6) is -1.16. The van der Waals surface area contributed by atoms with Crippen molar-refractivity contribution in [2.75, 3.05) is 5.32 Å². The number of rotatable bonds is 4. The molecule has 0 saturated carbocycles. The molecular weight excluding hydrogens is 370 g/mol. The van der Waals surface area contributed by atoms with Crippen molar-refractivity contribution in [1.29, 1.82) is 0 Å². The van der Waals surface area contributed by atoms with Gasteiger partial charge in [0.25, 0.3) is 5.56 Å². The van der Waals surface area contributed by atoms with Crippen LogP contribution in [0, 0.1) is 0 Å². The fourth-order valence-electron chi connectivity index (χ4n) is 3.31. The van der Waals surface area contributed by atoms with Gasteiger partial charge in [-0.25, -0.2) is 9.78 Å². The standard InChI is InChI=1S/C22H17N3O4/c26-19(8-9-20(27)28)23-16-6-7-17-18(13-16)24-21-15(10-11-25(21)22(17)29)12-14-4-2-1-3-5-14/h1-9,12-13H,10-11H2,(H,23,26)(H,27,28). The van der Waals surface area contributed by atoms with E-state index in [0.29, 0.717) is 29.0 Å². The van der Waals surface area contributed by atoms with Crippen LogP contribution < -0.4 is 10.9 Å². The van der Waals surface area contributed by atoms with E-state index in [1.165, 1.54) is 0 Å². The lowest BCUT2D eigenvalue weighted by Gasteiger charge is -2.08. The van der Waals surface area contributed by atoms with Crippen LogP contribution in [0.5, 0.6) is 0 Å². The van der Waals surface area contributed by atoms with Crippen molar-refractivity contribution in [3.63, 3.8) is 0 Å². The molecule has 4 rings (SSSR count). The average molecular weight is 387 g/mol. The second-order valence-electron chi connectivity index (χ2n) is 6.62. The van der Waals surface area contributed by atoms with Crippen LogP contribution in [-0.2, 0) is 16.1 Å². The molecule has 144 valence electrons. The molecule has 0 unspecified atom stereocenters. The first kappa shape index (κ1) is 18.4. The Kier molecular flexibility index (Phi) is 4.78. The zero-order chi connectivity index (χ0) is 20.4. The van der Waals surface area contributed by atoms with E-state index in [2.05, 4.69) is 10.3 Å². The van der Waals surface area contributed by atoms with E-state index < -0.39 is 11.9 Å². The van der Waals surface area contributed by atoms with E-state index in [9.17, 15) is 14.4 Å². The third-order valence-electron chi connectivity index (χ3n) is 4.63. The predicted octanol–water partition coefficient (Wildman–Crippen LogP) is 2.92. The minimum absolute atomic E-state index is 0.120. The number of carbonyl (C=O) groups is 2. The van der Waals surface area contributed by atoms with Gasteiger partial charge in [0.1, 0.15) is 5.82 Å². The number of carboxylic acid groups (broad SMARTS) is 1. The molecule has 0 radical (unpaired) electrons. The van der Waals surface area contributed by atoms with Crippen molar-refractivity contribution in [2.45, 2.75) is 13.0 Å². The van der Waals surface area contributed by atoms with E-state index in [4.69, 9.17) is 5.11 Å². The lowest BCUT2D eigenvalue weighted by atomic mass is 10.1. The van der Waals surface area contributed by atoms with E-state index in [0.717, 1.165) is 29.7 Å². The van der Waals surface area contributed by atoms with Crippen LogP contribution in [0.3, 0.4) is 0 Å². The fraction of sp³-hybridized carbons (Fsp3) is 0.0909. The van der Waals surface area contributed by atoms with Gasteiger partial charge in [0.05, 0.1) is 10.9 Å². The highest BCUT2D eigenvalue weighted by Gasteiger charge is 2.21. The molecule has 0 aliphatic carbocycles. The summed E-state index contributed by atoms with van der Waals surface area (Å²) in [7, 11) is 0. The van der Waals surface area contributed by atoms with Gasteiger partial charge >= 0.3 is 5.97 Å². The number of hydrogen-bond acceptors (Lipinski definition) is 4. The number of carboxylic acids is 1. The van der Waals surface area contributed by atoms with E-state index >= 15 is 0 Å². The van der Waals surface area contributed by atoms with E-state index in [1.807, 2.05) is 36.4 Å². The number of nitrogens with zero attached hydrogens (tertiary/aromatic N) is 2. The summed E-state index contributed by atoms with van der Waals surface area (Å²) in [4.78, 5) is 39.9. The van der Waals surface area contributed by atoms with Gasteiger partial charge in [-0.15, -0.1) is 0 Å². The van der Waals surface area contributed by atoms with Crippen molar-refractivity contribution in [1.82, 2.24) is 9.55 Å². The number of allylic oxidation sites excluding steroid dienone is 1. The number of hydrogen-bond donors (Lipinski definition) is 2. The molecule has 0 spiro atoms. The number of nitrogens with one attached hydrogen (secondary N) is 1. The molecule has 2 heterocycles.